The van der Waals surface area contributed by atoms with E-state index in [-0.39, 0.29) is 5.97 Å². The molecule has 0 radical (unpaired) electrons. The van der Waals surface area contributed by atoms with Crippen molar-refractivity contribution in [3.05, 3.63) is 40.8 Å². The number of thiocarbonyl (C=S) groups is 1. The molecule has 28 heavy (non-hydrogen) atoms. The number of hydrogen-bond donors (Lipinski definition) is 2. The summed E-state index contributed by atoms with van der Waals surface area (Å²) in [7, 11) is 1.41. The van der Waals surface area contributed by atoms with E-state index in [2.05, 4.69) is 17.6 Å². The average molecular weight is 419 g/mol. The monoisotopic (exact) mass is 418 g/mol. The van der Waals surface area contributed by atoms with Gasteiger partial charge in [-0.25, -0.2) is 4.79 Å². The molecule has 0 atom stereocenters. The lowest BCUT2D eigenvalue weighted by Crippen LogP contribution is -2.29. The fraction of sp³-hybridized carbons (Fsp3) is 0.455. The van der Waals surface area contributed by atoms with Crippen molar-refractivity contribution in [3.63, 3.8) is 0 Å². The average Bonchev–Trinajstić information content (AvgIpc) is 3.02. The molecular formula is C22H30N2O2S2. The third-order valence-corrected chi connectivity index (χ3v) is 5.85. The van der Waals surface area contributed by atoms with E-state index in [9.17, 15) is 4.79 Å². The van der Waals surface area contributed by atoms with Crippen LogP contribution in [0.2, 0.25) is 0 Å². The van der Waals surface area contributed by atoms with Gasteiger partial charge in [0.05, 0.1) is 7.11 Å². The van der Waals surface area contributed by atoms with Crippen LogP contribution < -0.4 is 10.6 Å². The third-order valence-electron chi connectivity index (χ3n) is 4.58. The first kappa shape index (κ1) is 22.4. The Hall–Kier alpha value is -1.92. The van der Waals surface area contributed by atoms with Gasteiger partial charge in [0.15, 0.2) is 5.11 Å². The van der Waals surface area contributed by atoms with Crippen LogP contribution in [0.25, 0.3) is 11.1 Å². The molecule has 152 valence electrons. The Labute approximate surface area is 177 Å². The highest BCUT2D eigenvalue weighted by Crippen LogP contribution is 2.40. The summed E-state index contributed by atoms with van der Waals surface area (Å²) < 4.78 is 5.04. The molecule has 1 aromatic heterocycles. The second kappa shape index (κ2) is 11.8. The molecule has 2 N–H and O–H groups in total. The van der Waals surface area contributed by atoms with Crippen LogP contribution in [0.4, 0.5) is 5.00 Å². The number of ether oxygens (including phenoxy) is 1. The van der Waals surface area contributed by atoms with Crippen LogP contribution in [-0.2, 0) is 4.74 Å². The van der Waals surface area contributed by atoms with Gasteiger partial charge in [0.2, 0.25) is 0 Å². The number of benzene rings is 1. The van der Waals surface area contributed by atoms with Crippen molar-refractivity contribution < 1.29 is 9.53 Å². The van der Waals surface area contributed by atoms with Crippen LogP contribution >= 0.6 is 23.6 Å². The molecule has 1 aromatic carbocycles. The Balaban J connectivity index is 2.03. The molecule has 2 aromatic rings. The zero-order chi connectivity index (χ0) is 20.4. The fourth-order valence-corrected chi connectivity index (χ4v) is 4.47. The minimum atomic E-state index is -0.357. The number of thiophene rings is 1. The maximum absolute atomic E-state index is 12.5. The zero-order valence-corrected chi connectivity index (χ0v) is 18.6. The SMILES string of the molecule is CCCCCCCCNC(=S)Nc1sc(C)c(-c2ccccc2)c1C(=O)OC. The second-order valence-corrected chi connectivity index (χ2v) is 8.38. The summed E-state index contributed by atoms with van der Waals surface area (Å²) in [5.41, 5.74) is 2.44. The molecule has 0 unspecified atom stereocenters. The van der Waals surface area contributed by atoms with Crippen molar-refractivity contribution in [3.8, 4) is 11.1 Å². The highest BCUT2D eigenvalue weighted by molar-refractivity contribution is 7.80. The fourth-order valence-electron chi connectivity index (χ4n) is 3.14. The number of aryl methyl sites for hydroxylation is 1. The van der Waals surface area contributed by atoms with E-state index in [1.54, 1.807) is 0 Å². The number of carbonyl (C=O) groups is 1. The summed E-state index contributed by atoms with van der Waals surface area (Å²) in [6, 6.07) is 9.89. The summed E-state index contributed by atoms with van der Waals surface area (Å²) in [5, 5.41) is 7.72. The van der Waals surface area contributed by atoms with E-state index in [0.717, 1.165) is 34.0 Å². The second-order valence-electron chi connectivity index (χ2n) is 6.74. The van der Waals surface area contributed by atoms with Crippen molar-refractivity contribution >= 4 is 39.6 Å². The molecular weight excluding hydrogens is 388 g/mol. The van der Waals surface area contributed by atoms with Gasteiger partial charge >= 0.3 is 5.97 Å². The summed E-state index contributed by atoms with van der Waals surface area (Å²) in [5.74, 6) is -0.357. The van der Waals surface area contributed by atoms with Crippen LogP contribution in [-0.4, -0.2) is 24.7 Å². The lowest BCUT2D eigenvalue weighted by molar-refractivity contribution is 0.0603. The third kappa shape index (κ3) is 6.31. The quantitative estimate of drug-likeness (QED) is 0.275. The van der Waals surface area contributed by atoms with Gasteiger partial charge in [-0.3, -0.25) is 0 Å². The summed E-state index contributed by atoms with van der Waals surface area (Å²) in [6.45, 7) is 5.07. The molecule has 0 bridgehead atoms. The van der Waals surface area contributed by atoms with Gasteiger partial charge in [-0.2, -0.15) is 0 Å². The van der Waals surface area contributed by atoms with Crippen LogP contribution in [0.1, 0.15) is 60.7 Å². The van der Waals surface area contributed by atoms with Crippen molar-refractivity contribution in [1.29, 1.82) is 0 Å². The van der Waals surface area contributed by atoms with E-state index >= 15 is 0 Å². The standard InChI is InChI=1S/C22H30N2O2S2/c1-4-5-6-7-8-12-15-23-22(27)24-20-19(21(25)26-3)18(16(2)28-20)17-13-10-9-11-14-17/h9-11,13-14H,4-8,12,15H2,1-3H3,(H2,23,24,27). The number of rotatable bonds is 10. The van der Waals surface area contributed by atoms with Gasteiger partial charge in [0.1, 0.15) is 10.6 Å². The molecule has 0 aliphatic carbocycles. The first-order valence-electron chi connectivity index (χ1n) is 9.90. The molecule has 4 nitrogen and oxygen atoms in total. The Morgan fingerprint density at radius 1 is 1.11 bits per heavy atom. The highest BCUT2D eigenvalue weighted by atomic mass is 32.1. The van der Waals surface area contributed by atoms with Crippen molar-refractivity contribution in [2.75, 3.05) is 19.0 Å². The van der Waals surface area contributed by atoms with E-state index in [1.807, 2.05) is 37.3 Å². The van der Waals surface area contributed by atoms with E-state index in [4.69, 9.17) is 17.0 Å². The number of methoxy groups -OCH3 is 1. The maximum Gasteiger partial charge on any atom is 0.341 e. The molecule has 0 aliphatic heterocycles. The van der Waals surface area contributed by atoms with Crippen molar-refractivity contribution in [1.82, 2.24) is 5.32 Å². The summed E-state index contributed by atoms with van der Waals surface area (Å²) >= 11 is 6.96. The molecule has 0 aliphatic rings. The molecule has 0 amide bonds. The first-order chi connectivity index (χ1) is 13.6. The molecule has 0 fully saturated rings. The smallest absolute Gasteiger partial charge is 0.341 e. The largest absolute Gasteiger partial charge is 0.465 e. The number of anilines is 1. The molecule has 0 saturated carbocycles. The van der Waals surface area contributed by atoms with E-state index in [1.165, 1.54) is 50.6 Å². The predicted octanol–water partition coefficient (Wildman–Crippen LogP) is 6.16. The minimum Gasteiger partial charge on any atom is -0.465 e. The van der Waals surface area contributed by atoms with Crippen LogP contribution in [0.15, 0.2) is 30.3 Å². The normalized spacial score (nSPS) is 10.5. The number of nitrogens with one attached hydrogen (secondary N) is 2. The van der Waals surface area contributed by atoms with Crippen molar-refractivity contribution in [2.24, 2.45) is 0 Å². The summed E-state index contributed by atoms with van der Waals surface area (Å²) in [4.78, 5) is 13.5. The van der Waals surface area contributed by atoms with Crippen LogP contribution in [0.5, 0.6) is 0 Å². The van der Waals surface area contributed by atoms with Gasteiger partial charge < -0.3 is 15.4 Å². The predicted molar refractivity (Wildman–Crippen MR) is 123 cm³/mol. The van der Waals surface area contributed by atoms with Crippen molar-refractivity contribution in [2.45, 2.75) is 52.4 Å². The number of hydrogen-bond acceptors (Lipinski definition) is 4. The van der Waals surface area contributed by atoms with Crippen LogP contribution in [0, 0.1) is 6.92 Å². The zero-order valence-electron chi connectivity index (χ0n) is 17.0. The highest BCUT2D eigenvalue weighted by Gasteiger charge is 2.24. The van der Waals surface area contributed by atoms with E-state index in [0.29, 0.717) is 10.7 Å². The number of unbranched alkanes of at least 4 members (excludes halogenated alkanes) is 5. The Morgan fingerprint density at radius 2 is 1.79 bits per heavy atom. The van der Waals surface area contributed by atoms with Gasteiger partial charge in [0, 0.05) is 17.0 Å². The molecule has 6 heteroatoms. The number of carbonyl (C=O) groups excluding carboxylic acids is 1. The minimum absolute atomic E-state index is 0.357. The number of esters is 1. The summed E-state index contributed by atoms with van der Waals surface area (Å²) in [6.07, 6.45) is 7.45. The molecule has 2 rings (SSSR count). The Morgan fingerprint density at radius 3 is 2.46 bits per heavy atom. The lowest BCUT2D eigenvalue weighted by Gasteiger charge is -2.11. The maximum atomic E-state index is 12.5. The molecule has 0 spiro atoms. The topological polar surface area (TPSA) is 50.4 Å². The van der Waals surface area contributed by atoms with Crippen LogP contribution in [0.3, 0.4) is 0 Å². The van der Waals surface area contributed by atoms with Gasteiger partial charge in [-0.1, -0.05) is 69.4 Å². The van der Waals surface area contributed by atoms with Gasteiger partial charge in [-0.15, -0.1) is 11.3 Å². The Bertz CT molecular complexity index is 772. The Kier molecular flexibility index (Phi) is 9.44. The first-order valence-corrected chi connectivity index (χ1v) is 11.1. The lowest BCUT2D eigenvalue weighted by atomic mass is 10.0. The van der Waals surface area contributed by atoms with Gasteiger partial charge in [0.25, 0.3) is 0 Å². The van der Waals surface area contributed by atoms with E-state index < -0.39 is 0 Å². The molecule has 1 heterocycles. The van der Waals surface area contributed by atoms with Gasteiger partial charge in [-0.05, 0) is 31.1 Å². The molecule has 0 saturated heterocycles.